The summed E-state index contributed by atoms with van der Waals surface area (Å²) >= 11 is 7.80. The predicted octanol–water partition coefficient (Wildman–Crippen LogP) is 4.38. The Morgan fingerprint density at radius 2 is 2.18 bits per heavy atom. The van der Waals surface area contributed by atoms with Crippen molar-refractivity contribution in [2.75, 3.05) is 5.32 Å². The molecular weight excluding hydrogens is 316 g/mol. The van der Waals surface area contributed by atoms with Crippen LogP contribution in [0.25, 0.3) is 0 Å². The van der Waals surface area contributed by atoms with Gasteiger partial charge in [0, 0.05) is 9.90 Å². The molecule has 0 fully saturated rings. The monoisotopic (exact) mass is 332 g/mol. The molecule has 1 amide bonds. The summed E-state index contributed by atoms with van der Waals surface area (Å²) < 4.78 is 0. The van der Waals surface area contributed by atoms with Crippen LogP contribution in [0.3, 0.4) is 0 Å². The Hall–Kier alpha value is -1.52. The van der Waals surface area contributed by atoms with Crippen LogP contribution < -0.4 is 10.6 Å². The first-order valence-electron chi connectivity index (χ1n) is 7.59. The zero-order valence-corrected chi connectivity index (χ0v) is 13.9. The van der Waals surface area contributed by atoms with E-state index in [1.54, 1.807) is 11.3 Å². The predicted molar refractivity (Wildman–Crippen MR) is 90.8 cm³/mol. The summed E-state index contributed by atoms with van der Waals surface area (Å²) in [5, 5.41) is 8.22. The minimum atomic E-state index is -0.212. The van der Waals surface area contributed by atoms with E-state index in [0.717, 1.165) is 29.0 Å². The topological polar surface area (TPSA) is 41.1 Å². The molecule has 1 aromatic heterocycles. The van der Waals surface area contributed by atoms with E-state index >= 15 is 0 Å². The number of nitrogens with one attached hydrogen (secondary N) is 2. The fourth-order valence-corrected chi connectivity index (χ4v) is 4.95. The number of hydrogen-bond donors (Lipinski definition) is 2. The second-order valence-corrected chi connectivity index (χ2v) is 7.70. The summed E-state index contributed by atoms with van der Waals surface area (Å²) in [6.07, 6.45) is 3.06. The molecular formula is C17H17ClN2OS. The number of carbonyl (C=O) groups excluding carboxylic acids is 1. The molecule has 5 heteroatoms. The van der Waals surface area contributed by atoms with E-state index in [1.807, 2.05) is 24.3 Å². The van der Waals surface area contributed by atoms with Crippen molar-refractivity contribution in [3.05, 3.63) is 50.9 Å². The van der Waals surface area contributed by atoms with Crippen LogP contribution in [0.2, 0.25) is 5.02 Å². The Morgan fingerprint density at radius 3 is 3.00 bits per heavy atom. The third-order valence-electron chi connectivity index (χ3n) is 4.47. The van der Waals surface area contributed by atoms with Gasteiger partial charge in [-0.05, 0) is 48.4 Å². The maximum absolute atomic E-state index is 12.6. The molecule has 0 spiro atoms. The van der Waals surface area contributed by atoms with Crippen LogP contribution in [0.1, 0.15) is 45.9 Å². The van der Waals surface area contributed by atoms with Crippen LogP contribution in [0.15, 0.2) is 24.3 Å². The van der Waals surface area contributed by atoms with Crippen LogP contribution in [0, 0.1) is 5.92 Å². The first kappa shape index (κ1) is 14.1. The highest BCUT2D eigenvalue weighted by molar-refractivity contribution is 7.16. The van der Waals surface area contributed by atoms with Gasteiger partial charge in [0.25, 0.3) is 5.91 Å². The van der Waals surface area contributed by atoms with Gasteiger partial charge in [0.1, 0.15) is 11.2 Å². The van der Waals surface area contributed by atoms with E-state index in [1.165, 1.54) is 16.9 Å². The number of halogens is 1. The molecule has 0 radical (unpaired) electrons. The third-order valence-corrected chi connectivity index (χ3v) is 5.89. The zero-order valence-electron chi connectivity index (χ0n) is 12.3. The normalized spacial score (nSPS) is 23.3. The van der Waals surface area contributed by atoms with Crippen molar-refractivity contribution >= 4 is 33.8 Å². The van der Waals surface area contributed by atoms with Gasteiger partial charge in [-0.2, -0.15) is 0 Å². The first-order valence-corrected chi connectivity index (χ1v) is 8.78. The molecule has 0 saturated carbocycles. The zero-order chi connectivity index (χ0) is 15.3. The van der Waals surface area contributed by atoms with Crippen LogP contribution in [-0.4, -0.2) is 5.91 Å². The number of anilines is 1. The Labute approximate surface area is 138 Å². The number of carbonyl (C=O) groups is 1. The van der Waals surface area contributed by atoms with Gasteiger partial charge < -0.3 is 10.6 Å². The summed E-state index contributed by atoms with van der Waals surface area (Å²) in [5.74, 6) is 0.741. The highest BCUT2D eigenvalue weighted by Gasteiger charge is 2.33. The number of hydrogen-bond acceptors (Lipinski definition) is 3. The van der Waals surface area contributed by atoms with Gasteiger partial charge in [0.2, 0.25) is 0 Å². The Morgan fingerprint density at radius 1 is 1.32 bits per heavy atom. The standard InChI is InChI=1S/C17H17ClN2OS/c1-9-5-6-12-13(7-9)22-17-14(12)16(21)19-15(20-17)10-3-2-4-11(18)8-10/h2-4,8-9,15,20H,5-7H2,1H3,(H,19,21)/t9-,15-/m1/s1. The summed E-state index contributed by atoms with van der Waals surface area (Å²) in [4.78, 5) is 14.0. The largest absolute Gasteiger partial charge is 0.353 e. The highest BCUT2D eigenvalue weighted by Crippen LogP contribution is 2.42. The molecule has 2 N–H and O–H groups in total. The highest BCUT2D eigenvalue weighted by atomic mass is 35.5. The molecule has 114 valence electrons. The molecule has 2 aliphatic rings. The van der Waals surface area contributed by atoms with E-state index in [4.69, 9.17) is 11.6 Å². The van der Waals surface area contributed by atoms with E-state index in [9.17, 15) is 4.79 Å². The molecule has 2 aromatic rings. The van der Waals surface area contributed by atoms with Crippen molar-refractivity contribution < 1.29 is 4.79 Å². The van der Waals surface area contributed by atoms with E-state index in [2.05, 4.69) is 17.6 Å². The number of fused-ring (bicyclic) bond motifs is 3. The Kier molecular flexibility index (Phi) is 3.39. The number of amides is 1. The van der Waals surface area contributed by atoms with Gasteiger partial charge in [-0.1, -0.05) is 30.7 Å². The van der Waals surface area contributed by atoms with E-state index in [0.29, 0.717) is 10.9 Å². The SMILES string of the molecule is C[C@@H]1CCc2c(sc3c2C(=O)N[C@@H](c2cccc(Cl)c2)N3)C1. The molecule has 0 unspecified atom stereocenters. The lowest BCUT2D eigenvalue weighted by molar-refractivity contribution is 0.0935. The lowest BCUT2D eigenvalue weighted by atomic mass is 9.88. The summed E-state index contributed by atoms with van der Waals surface area (Å²) in [6, 6.07) is 7.61. The minimum absolute atomic E-state index is 0.0331. The fraction of sp³-hybridized carbons (Fsp3) is 0.353. The lowest BCUT2D eigenvalue weighted by Crippen LogP contribution is -2.38. The number of thiophene rings is 1. The molecule has 2 heterocycles. The summed E-state index contributed by atoms with van der Waals surface area (Å²) in [6.45, 7) is 2.28. The molecule has 0 saturated heterocycles. The van der Waals surface area contributed by atoms with Crippen molar-refractivity contribution in [1.82, 2.24) is 5.32 Å². The molecule has 1 aliphatic heterocycles. The molecule has 0 bridgehead atoms. The molecule has 22 heavy (non-hydrogen) atoms. The average molecular weight is 333 g/mol. The lowest BCUT2D eigenvalue weighted by Gasteiger charge is -2.27. The van der Waals surface area contributed by atoms with Crippen molar-refractivity contribution in [2.24, 2.45) is 5.92 Å². The number of rotatable bonds is 1. The van der Waals surface area contributed by atoms with Crippen molar-refractivity contribution in [1.29, 1.82) is 0 Å². The second-order valence-electron chi connectivity index (χ2n) is 6.16. The van der Waals surface area contributed by atoms with Gasteiger partial charge in [0.15, 0.2) is 0 Å². The number of benzene rings is 1. The molecule has 3 nitrogen and oxygen atoms in total. The summed E-state index contributed by atoms with van der Waals surface area (Å²) in [7, 11) is 0. The fourth-order valence-electron chi connectivity index (χ4n) is 3.32. The van der Waals surface area contributed by atoms with Gasteiger partial charge in [-0.3, -0.25) is 4.79 Å². The van der Waals surface area contributed by atoms with Crippen LogP contribution in [0.5, 0.6) is 0 Å². The van der Waals surface area contributed by atoms with Crippen LogP contribution in [-0.2, 0) is 12.8 Å². The van der Waals surface area contributed by atoms with Gasteiger partial charge in [-0.25, -0.2) is 0 Å². The third kappa shape index (κ3) is 2.31. The molecule has 4 rings (SSSR count). The van der Waals surface area contributed by atoms with Gasteiger partial charge in [0.05, 0.1) is 5.56 Å². The van der Waals surface area contributed by atoms with Crippen molar-refractivity contribution in [2.45, 2.75) is 32.4 Å². The second kappa shape index (κ2) is 5.28. The first-order chi connectivity index (χ1) is 10.6. The van der Waals surface area contributed by atoms with Gasteiger partial charge in [-0.15, -0.1) is 11.3 Å². The minimum Gasteiger partial charge on any atom is -0.353 e. The smallest absolute Gasteiger partial charge is 0.256 e. The Bertz CT molecular complexity index is 755. The Balaban J connectivity index is 1.71. The van der Waals surface area contributed by atoms with Gasteiger partial charge >= 0.3 is 0 Å². The van der Waals surface area contributed by atoms with Crippen LogP contribution >= 0.6 is 22.9 Å². The molecule has 1 aliphatic carbocycles. The van der Waals surface area contributed by atoms with E-state index in [-0.39, 0.29) is 12.1 Å². The maximum Gasteiger partial charge on any atom is 0.256 e. The van der Waals surface area contributed by atoms with Crippen molar-refractivity contribution in [3.63, 3.8) is 0 Å². The van der Waals surface area contributed by atoms with Crippen molar-refractivity contribution in [3.8, 4) is 0 Å². The quantitative estimate of drug-likeness (QED) is 0.813. The summed E-state index contributed by atoms with van der Waals surface area (Å²) in [5.41, 5.74) is 3.10. The molecule has 2 atom stereocenters. The molecule has 1 aromatic carbocycles. The average Bonchev–Trinajstić information content (AvgIpc) is 2.84. The van der Waals surface area contributed by atoms with Crippen LogP contribution in [0.4, 0.5) is 5.00 Å². The maximum atomic E-state index is 12.6. The van der Waals surface area contributed by atoms with E-state index < -0.39 is 0 Å².